The number of hydrogen-bond acceptors (Lipinski definition) is 3. The summed E-state index contributed by atoms with van der Waals surface area (Å²) in [5, 5.41) is 2.79. The highest BCUT2D eigenvalue weighted by atomic mass is 16.5. The van der Waals surface area contributed by atoms with Gasteiger partial charge in [0.1, 0.15) is 0 Å². The van der Waals surface area contributed by atoms with Crippen LogP contribution in [0.3, 0.4) is 0 Å². The van der Waals surface area contributed by atoms with E-state index in [9.17, 15) is 9.59 Å². The van der Waals surface area contributed by atoms with Gasteiger partial charge < -0.3 is 10.1 Å². The lowest BCUT2D eigenvalue weighted by Gasteiger charge is -2.06. The topological polar surface area (TPSA) is 55.4 Å². The highest BCUT2D eigenvalue weighted by molar-refractivity contribution is 5.94. The molecule has 0 unspecified atom stereocenters. The Morgan fingerprint density at radius 2 is 1.84 bits per heavy atom. The third-order valence-corrected chi connectivity index (χ3v) is 2.77. The molecule has 0 fully saturated rings. The maximum atomic E-state index is 11.8. The number of esters is 1. The molecule has 0 atom stereocenters. The molecule has 0 aliphatic rings. The van der Waals surface area contributed by atoms with Crippen molar-refractivity contribution in [2.24, 2.45) is 0 Å². The highest BCUT2D eigenvalue weighted by Crippen LogP contribution is 2.05. The molecule has 0 aromatic heterocycles. The second-order valence-corrected chi connectivity index (χ2v) is 4.21. The number of amides is 1. The summed E-state index contributed by atoms with van der Waals surface area (Å²) in [5.41, 5.74) is 1.85. The smallest absolute Gasteiger partial charge is 0.305 e. The van der Waals surface area contributed by atoms with E-state index in [2.05, 4.69) is 12.2 Å². The summed E-state index contributed by atoms with van der Waals surface area (Å²) in [6.07, 6.45) is 1.89. The first-order chi connectivity index (χ1) is 9.17. The second-order valence-electron chi connectivity index (χ2n) is 4.21. The average molecular weight is 263 g/mol. The molecule has 0 aliphatic carbocycles. The molecule has 1 aromatic rings. The average Bonchev–Trinajstić information content (AvgIpc) is 2.44. The molecule has 0 spiro atoms. The normalized spacial score (nSPS) is 10.0. The van der Waals surface area contributed by atoms with Gasteiger partial charge in [-0.3, -0.25) is 9.59 Å². The van der Waals surface area contributed by atoms with Crippen LogP contribution in [-0.2, 0) is 16.0 Å². The van der Waals surface area contributed by atoms with Gasteiger partial charge in [-0.2, -0.15) is 0 Å². The van der Waals surface area contributed by atoms with Crippen LogP contribution in [0.25, 0.3) is 0 Å². The lowest BCUT2D eigenvalue weighted by atomic mass is 10.1. The number of rotatable bonds is 7. The van der Waals surface area contributed by atoms with Crippen molar-refractivity contribution >= 4 is 11.9 Å². The van der Waals surface area contributed by atoms with Crippen LogP contribution in [0.2, 0.25) is 0 Å². The minimum atomic E-state index is -0.218. The molecule has 19 heavy (non-hydrogen) atoms. The fourth-order valence-electron chi connectivity index (χ4n) is 1.66. The first-order valence-corrected chi connectivity index (χ1v) is 6.70. The first kappa shape index (κ1) is 15.2. The van der Waals surface area contributed by atoms with E-state index in [4.69, 9.17) is 4.74 Å². The molecule has 0 radical (unpaired) electrons. The number of hydrogen-bond donors (Lipinski definition) is 1. The summed E-state index contributed by atoms with van der Waals surface area (Å²) in [5.74, 6) is -0.324. The molecule has 0 saturated heterocycles. The minimum Gasteiger partial charge on any atom is -0.466 e. The van der Waals surface area contributed by atoms with Crippen molar-refractivity contribution in [3.05, 3.63) is 35.4 Å². The number of benzene rings is 1. The van der Waals surface area contributed by atoms with Crippen molar-refractivity contribution in [2.75, 3.05) is 13.2 Å². The van der Waals surface area contributed by atoms with Crippen LogP contribution in [0.4, 0.5) is 0 Å². The standard InChI is InChI=1S/C15H21NO3/c1-3-12-7-9-13(10-8-12)15(18)16-11-5-6-14(17)19-4-2/h7-10H,3-6,11H2,1-2H3,(H,16,18). The van der Waals surface area contributed by atoms with Gasteiger partial charge in [0.25, 0.3) is 5.91 Å². The summed E-state index contributed by atoms with van der Waals surface area (Å²) in [4.78, 5) is 22.9. The monoisotopic (exact) mass is 263 g/mol. The van der Waals surface area contributed by atoms with E-state index >= 15 is 0 Å². The summed E-state index contributed by atoms with van der Waals surface area (Å²) >= 11 is 0. The van der Waals surface area contributed by atoms with Crippen molar-refractivity contribution in [1.29, 1.82) is 0 Å². The zero-order chi connectivity index (χ0) is 14.1. The van der Waals surface area contributed by atoms with E-state index in [1.807, 2.05) is 24.3 Å². The van der Waals surface area contributed by atoms with Gasteiger partial charge in [0.2, 0.25) is 0 Å². The summed E-state index contributed by atoms with van der Waals surface area (Å²) < 4.78 is 4.81. The third-order valence-electron chi connectivity index (χ3n) is 2.77. The molecule has 1 amide bonds. The van der Waals surface area contributed by atoms with Crippen molar-refractivity contribution in [2.45, 2.75) is 33.1 Å². The number of carbonyl (C=O) groups excluding carboxylic acids is 2. The van der Waals surface area contributed by atoms with Gasteiger partial charge >= 0.3 is 5.97 Å². The zero-order valence-electron chi connectivity index (χ0n) is 11.6. The van der Waals surface area contributed by atoms with Crippen LogP contribution < -0.4 is 5.32 Å². The Morgan fingerprint density at radius 3 is 2.42 bits per heavy atom. The number of ether oxygens (including phenoxy) is 1. The second kappa shape index (κ2) is 8.29. The van der Waals surface area contributed by atoms with E-state index in [1.165, 1.54) is 5.56 Å². The molecule has 0 aliphatic heterocycles. The largest absolute Gasteiger partial charge is 0.466 e. The Kier molecular flexibility index (Phi) is 6.64. The SMILES string of the molecule is CCOC(=O)CCCNC(=O)c1ccc(CC)cc1. The molecule has 0 bridgehead atoms. The molecular formula is C15H21NO3. The maximum Gasteiger partial charge on any atom is 0.305 e. The lowest BCUT2D eigenvalue weighted by molar-refractivity contribution is -0.143. The van der Waals surface area contributed by atoms with E-state index in [0.717, 1.165) is 6.42 Å². The Labute approximate surface area is 114 Å². The van der Waals surface area contributed by atoms with Crippen LogP contribution in [0.5, 0.6) is 0 Å². The van der Waals surface area contributed by atoms with E-state index < -0.39 is 0 Å². The zero-order valence-corrected chi connectivity index (χ0v) is 11.6. The van der Waals surface area contributed by atoms with Crippen LogP contribution in [-0.4, -0.2) is 25.0 Å². The Balaban J connectivity index is 2.29. The molecule has 1 rings (SSSR count). The van der Waals surface area contributed by atoms with Crippen molar-refractivity contribution < 1.29 is 14.3 Å². The van der Waals surface area contributed by atoms with E-state index in [1.54, 1.807) is 6.92 Å². The molecule has 4 nitrogen and oxygen atoms in total. The van der Waals surface area contributed by atoms with Crippen LogP contribution in [0, 0.1) is 0 Å². The van der Waals surface area contributed by atoms with Crippen LogP contribution >= 0.6 is 0 Å². The Hall–Kier alpha value is -1.84. The summed E-state index contributed by atoms with van der Waals surface area (Å²) in [7, 11) is 0. The molecule has 1 N–H and O–H groups in total. The van der Waals surface area contributed by atoms with Gasteiger partial charge in [-0.25, -0.2) is 0 Å². The van der Waals surface area contributed by atoms with E-state index in [-0.39, 0.29) is 11.9 Å². The number of nitrogens with one attached hydrogen (secondary N) is 1. The fraction of sp³-hybridized carbons (Fsp3) is 0.467. The van der Waals surface area contributed by atoms with Crippen LogP contribution in [0.15, 0.2) is 24.3 Å². The highest BCUT2D eigenvalue weighted by Gasteiger charge is 2.05. The number of carbonyl (C=O) groups is 2. The van der Waals surface area contributed by atoms with Gasteiger partial charge in [0, 0.05) is 18.5 Å². The maximum absolute atomic E-state index is 11.8. The molecule has 0 heterocycles. The van der Waals surface area contributed by atoms with Gasteiger partial charge in [0.05, 0.1) is 6.61 Å². The predicted molar refractivity (Wildman–Crippen MR) is 74.0 cm³/mol. The molecule has 4 heteroatoms. The van der Waals surface area contributed by atoms with Crippen molar-refractivity contribution in [3.63, 3.8) is 0 Å². The summed E-state index contributed by atoms with van der Waals surface area (Å²) in [6.45, 7) is 4.73. The molecule has 1 aromatic carbocycles. The van der Waals surface area contributed by atoms with Crippen LogP contribution in [0.1, 0.15) is 42.6 Å². The van der Waals surface area contributed by atoms with Crippen molar-refractivity contribution in [3.8, 4) is 0 Å². The Morgan fingerprint density at radius 1 is 1.16 bits per heavy atom. The van der Waals surface area contributed by atoms with Gasteiger partial charge in [-0.05, 0) is 37.5 Å². The molecular weight excluding hydrogens is 242 g/mol. The lowest BCUT2D eigenvalue weighted by Crippen LogP contribution is -2.25. The molecule has 104 valence electrons. The quantitative estimate of drug-likeness (QED) is 0.606. The van der Waals surface area contributed by atoms with Gasteiger partial charge in [0.15, 0.2) is 0 Å². The Bertz CT molecular complexity index is 412. The minimum absolute atomic E-state index is 0.105. The predicted octanol–water partition coefficient (Wildman–Crippen LogP) is 2.32. The summed E-state index contributed by atoms with van der Waals surface area (Å²) in [6, 6.07) is 7.54. The van der Waals surface area contributed by atoms with Crippen molar-refractivity contribution in [1.82, 2.24) is 5.32 Å². The third kappa shape index (κ3) is 5.55. The van der Waals surface area contributed by atoms with E-state index in [0.29, 0.717) is 31.6 Å². The van der Waals surface area contributed by atoms with Gasteiger partial charge in [-0.15, -0.1) is 0 Å². The molecule has 0 saturated carbocycles. The first-order valence-electron chi connectivity index (χ1n) is 6.70. The number of aryl methyl sites for hydroxylation is 1. The van der Waals surface area contributed by atoms with Gasteiger partial charge in [-0.1, -0.05) is 19.1 Å². The fourth-order valence-corrected chi connectivity index (χ4v) is 1.66.